The minimum absolute atomic E-state index is 0.148. The second-order valence-corrected chi connectivity index (χ2v) is 6.60. The summed E-state index contributed by atoms with van der Waals surface area (Å²) in [6, 6.07) is 6.28. The minimum Gasteiger partial charge on any atom is -0.481 e. The average molecular weight is 301 g/mol. The maximum Gasteiger partial charge on any atom is 0.263 e. The Kier molecular flexibility index (Phi) is 5.01. The summed E-state index contributed by atoms with van der Waals surface area (Å²) in [7, 11) is 0. The number of fused-ring (bicyclic) bond motifs is 1. The molecule has 1 amide bonds. The Morgan fingerprint density at radius 2 is 1.77 bits per heavy atom. The van der Waals surface area contributed by atoms with Crippen LogP contribution < -0.4 is 4.74 Å². The fourth-order valence-corrected chi connectivity index (χ4v) is 3.65. The van der Waals surface area contributed by atoms with Crippen molar-refractivity contribution in [3.63, 3.8) is 0 Å². The third kappa shape index (κ3) is 3.45. The summed E-state index contributed by atoms with van der Waals surface area (Å²) >= 11 is 0. The molecule has 1 aromatic rings. The summed E-state index contributed by atoms with van der Waals surface area (Å²) in [5.41, 5.74) is 2.72. The van der Waals surface area contributed by atoms with Crippen LogP contribution in [0.1, 0.15) is 56.6 Å². The first-order valence-electron chi connectivity index (χ1n) is 8.82. The van der Waals surface area contributed by atoms with E-state index in [9.17, 15) is 4.79 Å². The Labute approximate surface area is 133 Å². The fraction of sp³-hybridized carbons (Fsp3) is 0.632. The Morgan fingerprint density at radius 1 is 1.05 bits per heavy atom. The predicted octanol–water partition coefficient (Wildman–Crippen LogP) is 3.74. The molecule has 1 atom stereocenters. The molecule has 0 unspecified atom stereocenters. The van der Waals surface area contributed by atoms with E-state index >= 15 is 0 Å². The molecule has 3 nitrogen and oxygen atoms in total. The highest BCUT2D eigenvalue weighted by atomic mass is 16.5. The smallest absolute Gasteiger partial charge is 0.263 e. The van der Waals surface area contributed by atoms with Crippen LogP contribution in [0.4, 0.5) is 0 Å². The first kappa shape index (κ1) is 15.4. The van der Waals surface area contributed by atoms with Crippen molar-refractivity contribution in [1.82, 2.24) is 4.90 Å². The highest BCUT2D eigenvalue weighted by Crippen LogP contribution is 2.30. The number of aryl methyl sites for hydroxylation is 1. The molecule has 0 bridgehead atoms. The SMILES string of the molecule is C[C@H](Oc1cccc2c1CCCC2)C(=O)N1CCCCCC1. The van der Waals surface area contributed by atoms with Crippen LogP contribution in [-0.2, 0) is 17.6 Å². The van der Waals surface area contributed by atoms with Gasteiger partial charge in [-0.1, -0.05) is 25.0 Å². The lowest BCUT2D eigenvalue weighted by Gasteiger charge is -2.26. The number of amides is 1. The van der Waals surface area contributed by atoms with Crippen molar-refractivity contribution in [1.29, 1.82) is 0 Å². The van der Waals surface area contributed by atoms with Gasteiger partial charge in [-0.25, -0.2) is 0 Å². The van der Waals surface area contributed by atoms with Crippen LogP contribution in [0, 0.1) is 0 Å². The number of carbonyl (C=O) groups is 1. The molecule has 3 heteroatoms. The van der Waals surface area contributed by atoms with Gasteiger partial charge in [0.05, 0.1) is 0 Å². The molecule has 3 rings (SSSR count). The summed E-state index contributed by atoms with van der Waals surface area (Å²) in [5, 5.41) is 0. The number of rotatable bonds is 3. The van der Waals surface area contributed by atoms with E-state index in [1.54, 1.807) is 0 Å². The summed E-state index contributed by atoms with van der Waals surface area (Å²) in [6.45, 7) is 3.67. The second kappa shape index (κ2) is 7.17. The Morgan fingerprint density at radius 3 is 2.55 bits per heavy atom. The normalized spacial score (nSPS) is 20.0. The lowest BCUT2D eigenvalue weighted by molar-refractivity contribution is -0.137. The van der Waals surface area contributed by atoms with Gasteiger partial charge in [0.2, 0.25) is 0 Å². The molecular formula is C19H27NO2. The number of carbonyl (C=O) groups excluding carboxylic acids is 1. The van der Waals surface area contributed by atoms with Gasteiger partial charge in [-0.3, -0.25) is 4.79 Å². The molecule has 22 heavy (non-hydrogen) atoms. The van der Waals surface area contributed by atoms with Crippen molar-refractivity contribution >= 4 is 5.91 Å². The zero-order chi connectivity index (χ0) is 15.4. The molecule has 120 valence electrons. The van der Waals surface area contributed by atoms with Gasteiger partial charge in [0.15, 0.2) is 6.10 Å². The van der Waals surface area contributed by atoms with Crippen LogP contribution in [-0.4, -0.2) is 30.0 Å². The minimum atomic E-state index is -0.383. The third-order valence-corrected chi connectivity index (χ3v) is 4.92. The summed E-state index contributed by atoms with van der Waals surface area (Å²) in [5.74, 6) is 1.07. The van der Waals surface area contributed by atoms with Crippen LogP contribution in [0.5, 0.6) is 5.75 Å². The van der Waals surface area contributed by atoms with E-state index in [4.69, 9.17) is 4.74 Å². The molecule has 0 aromatic heterocycles. The van der Waals surface area contributed by atoms with Crippen LogP contribution in [0.25, 0.3) is 0 Å². The van der Waals surface area contributed by atoms with Crippen LogP contribution >= 0.6 is 0 Å². The molecule has 1 saturated heterocycles. The van der Waals surface area contributed by atoms with Crippen LogP contribution in [0.15, 0.2) is 18.2 Å². The van der Waals surface area contributed by atoms with Crippen molar-refractivity contribution in [3.8, 4) is 5.75 Å². The number of ether oxygens (including phenoxy) is 1. The van der Waals surface area contributed by atoms with Gasteiger partial charge in [-0.2, -0.15) is 0 Å². The van der Waals surface area contributed by atoms with Gasteiger partial charge >= 0.3 is 0 Å². The number of hydrogen-bond acceptors (Lipinski definition) is 2. The summed E-state index contributed by atoms with van der Waals surface area (Å²) in [4.78, 5) is 14.6. The largest absolute Gasteiger partial charge is 0.481 e. The lowest BCUT2D eigenvalue weighted by atomic mass is 9.91. The van der Waals surface area contributed by atoms with E-state index in [1.807, 2.05) is 17.9 Å². The molecule has 1 aliphatic heterocycles. The molecule has 0 spiro atoms. The maximum absolute atomic E-state index is 12.6. The topological polar surface area (TPSA) is 29.5 Å². The van der Waals surface area contributed by atoms with E-state index in [0.717, 1.165) is 44.5 Å². The van der Waals surface area contributed by atoms with Crippen molar-refractivity contribution in [3.05, 3.63) is 29.3 Å². The summed E-state index contributed by atoms with van der Waals surface area (Å²) in [6.07, 6.45) is 9.05. The van der Waals surface area contributed by atoms with Gasteiger partial charge in [0.1, 0.15) is 5.75 Å². The Hall–Kier alpha value is -1.51. The third-order valence-electron chi connectivity index (χ3n) is 4.92. The second-order valence-electron chi connectivity index (χ2n) is 6.60. The Balaban J connectivity index is 1.68. The van der Waals surface area contributed by atoms with Gasteiger partial charge in [0, 0.05) is 13.1 Å². The molecule has 0 N–H and O–H groups in total. The van der Waals surface area contributed by atoms with Crippen LogP contribution in [0.2, 0.25) is 0 Å². The monoisotopic (exact) mass is 301 g/mol. The molecule has 2 aliphatic rings. The quantitative estimate of drug-likeness (QED) is 0.851. The first-order chi connectivity index (χ1) is 10.8. The zero-order valence-corrected chi connectivity index (χ0v) is 13.6. The molecule has 1 aliphatic carbocycles. The number of nitrogens with zero attached hydrogens (tertiary/aromatic N) is 1. The van der Waals surface area contributed by atoms with Crippen molar-refractivity contribution in [2.75, 3.05) is 13.1 Å². The maximum atomic E-state index is 12.6. The van der Waals surface area contributed by atoms with Crippen molar-refractivity contribution in [2.45, 2.75) is 64.4 Å². The Bertz CT molecular complexity index is 518. The molecule has 1 aromatic carbocycles. The van der Waals surface area contributed by atoms with Gasteiger partial charge in [-0.05, 0) is 62.6 Å². The van der Waals surface area contributed by atoms with Crippen molar-refractivity contribution < 1.29 is 9.53 Å². The van der Waals surface area contributed by atoms with Crippen molar-refractivity contribution in [2.24, 2.45) is 0 Å². The van der Waals surface area contributed by atoms with Gasteiger partial charge in [0.25, 0.3) is 5.91 Å². The van der Waals surface area contributed by atoms with E-state index in [1.165, 1.54) is 36.8 Å². The van der Waals surface area contributed by atoms with Gasteiger partial charge in [-0.15, -0.1) is 0 Å². The number of benzene rings is 1. The van der Waals surface area contributed by atoms with E-state index in [2.05, 4.69) is 12.1 Å². The molecule has 1 fully saturated rings. The van der Waals surface area contributed by atoms with Crippen LogP contribution in [0.3, 0.4) is 0 Å². The number of likely N-dealkylation sites (tertiary alicyclic amines) is 1. The molecular weight excluding hydrogens is 274 g/mol. The lowest BCUT2D eigenvalue weighted by Crippen LogP contribution is -2.41. The van der Waals surface area contributed by atoms with Gasteiger partial charge < -0.3 is 9.64 Å². The molecule has 0 radical (unpaired) electrons. The van der Waals surface area contributed by atoms with E-state index < -0.39 is 0 Å². The average Bonchev–Trinajstić information content (AvgIpc) is 2.83. The highest BCUT2D eigenvalue weighted by Gasteiger charge is 2.24. The first-order valence-corrected chi connectivity index (χ1v) is 8.82. The predicted molar refractivity (Wildman–Crippen MR) is 88.2 cm³/mol. The number of hydrogen-bond donors (Lipinski definition) is 0. The highest BCUT2D eigenvalue weighted by molar-refractivity contribution is 5.81. The summed E-state index contributed by atoms with van der Waals surface area (Å²) < 4.78 is 6.08. The molecule has 0 saturated carbocycles. The zero-order valence-electron chi connectivity index (χ0n) is 13.6. The van der Waals surface area contributed by atoms with E-state index in [-0.39, 0.29) is 12.0 Å². The standard InChI is InChI=1S/C19H27NO2/c1-15(19(21)20-13-6-2-3-7-14-20)22-18-12-8-10-16-9-4-5-11-17(16)18/h8,10,12,15H,2-7,9,11,13-14H2,1H3/t15-/m0/s1. The fourth-order valence-electron chi connectivity index (χ4n) is 3.65. The van der Waals surface area contributed by atoms with E-state index in [0.29, 0.717) is 0 Å². The molecule has 1 heterocycles.